The van der Waals surface area contributed by atoms with Gasteiger partial charge in [0, 0.05) is 31.7 Å². The summed E-state index contributed by atoms with van der Waals surface area (Å²) in [5, 5.41) is 5.37. The van der Waals surface area contributed by atoms with Crippen molar-refractivity contribution in [3.05, 3.63) is 94.3 Å². The Hall–Kier alpha value is -4.15. The Morgan fingerprint density at radius 2 is 1.61 bits per heavy atom. The van der Waals surface area contributed by atoms with Crippen LogP contribution in [0.25, 0.3) is 11.1 Å². The number of carbonyl (C=O) groups excluding carboxylic acids is 3. The van der Waals surface area contributed by atoms with Crippen LogP contribution >= 0.6 is 11.6 Å². The van der Waals surface area contributed by atoms with Gasteiger partial charge in [-0.3, -0.25) is 9.69 Å². The molecule has 1 aliphatic heterocycles. The lowest BCUT2D eigenvalue weighted by Gasteiger charge is -2.29. The van der Waals surface area contributed by atoms with Crippen molar-refractivity contribution in [1.29, 1.82) is 0 Å². The van der Waals surface area contributed by atoms with Crippen molar-refractivity contribution in [2.24, 2.45) is 0 Å². The molecule has 3 atom stereocenters. The van der Waals surface area contributed by atoms with E-state index in [9.17, 15) is 18.8 Å². The number of methoxy groups -OCH3 is 1. The number of hydrogen-bond acceptors (Lipinski definition) is 6. The molecule has 3 amide bonds. The molecule has 2 N–H and O–H groups in total. The third kappa shape index (κ3) is 6.51. The number of fused-ring (bicyclic) bond motifs is 3. The first kappa shape index (κ1) is 31.3. The Balaban J connectivity index is 1.30. The second-order valence-electron chi connectivity index (χ2n) is 11.8. The number of rotatable bonds is 7. The highest BCUT2D eigenvalue weighted by molar-refractivity contribution is 6.30. The molecule has 44 heavy (non-hydrogen) atoms. The maximum atomic E-state index is 14.5. The van der Waals surface area contributed by atoms with Gasteiger partial charge in [0.15, 0.2) is 0 Å². The lowest BCUT2D eigenvalue weighted by Crippen LogP contribution is -2.52. The average molecular weight is 624 g/mol. The van der Waals surface area contributed by atoms with Gasteiger partial charge in [0.2, 0.25) is 5.91 Å². The van der Waals surface area contributed by atoms with Crippen molar-refractivity contribution < 1.29 is 33.0 Å². The summed E-state index contributed by atoms with van der Waals surface area (Å²) in [4.78, 5) is 41.0. The molecule has 1 saturated heterocycles. The first-order chi connectivity index (χ1) is 21.0. The Kier molecular flexibility index (Phi) is 9.12. The smallest absolute Gasteiger partial charge is 0.411 e. The number of amides is 3. The van der Waals surface area contributed by atoms with Crippen LogP contribution in [0.1, 0.15) is 43.4 Å². The minimum Gasteiger partial charge on any atom is -0.449 e. The van der Waals surface area contributed by atoms with Crippen LogP contribution in [0.4, 0.5) is 14.0 Å². The number of alkyl carbamates (subject to hydrolysis) is 1. The Morgan fingerprint density at radius 3 is 2.23 bits per heavy atom. The second kappa shape index (κ2) is 12.8. The summed E-state index contributed by atoms with van der Waals surface area (Å²) >= 11 is 5.88. The van der Waals surface area contributed by atoms with Crippen LogP contribution in [0.5, 0.6) is 0 Å². The highest BCUT2D eigenvalue weighted by Crippen LogP contribution is 2.44. The van der Waals surface area contributed by atoms with Gasteiger partial charge in [0.1, 0.15) is 30.2 Å². The average Bonchev–Trinajstić information content (AvgIpc) is 3.51. The van der Waals surface area contributed by atoms with Gasteiger partial charge < -0.3 is 24.8 Å². The Morgan fingerprint density at radius 1 is 0.977 bits per heavy atom. The first-order valence-corrected chi connectivity index (χ1v) is 14.7. The largest absolute Gasteiger partial charge is 0.449 e. The predicted molar refractivity (Wildman–Crippen MR) is 163 cm³/mol. The normalized spacial score (nSPS) is 19.2. The summed E-state index contributed by atoms with van der Waals surface area (Å²) in [6, 6.07) is 18.5. The molecule has 2 aliphatic rings. The van der Waals surface area contributed by atoms with E-state index >= 15 is 0 Å². The zero-order chi connectivity index (χ0) is 31.6. The molecule has 1 fully saturated rings. The van der Waals surface area contributed by atoms with Crippen LogP contribution in [-0.2, 0) is 25.5 Å². The van der Waals surface area contributed by atoms with Crippen LogP contribution in [0.3, 0.4) is 0 Å². The molecular weight excluding hydrogens is 589 g/mol. The fourth-order valence-electron chi connectivity index (χ4n) is 5.81. The molecule has 0 unspecified atom stereocenters. The summed E-state index contributed by atoms with van der Waals surface area (Å²) < 4.78 is 31.4. The molecule has 1 aliphatic carbocycles. The highest BCUT2D eigenvalue weighted by Gasteiger charge is 2.50. The molecule has 232 valence electrons. The standard InChI is InChI=1S/C33H35ClFN3O6/c1-33(2,3)44-32(41)38-17-26(29(42-4)28(38)30(39)36-16-19-10-9-15-25(34)27(19)35)37-31(40)43-18-24-22-13-7-5-11-20(22)21-12-6-8-14-23(21)24/h5-15,24,26,28-29H,16-18H2,1-4H3,(H,36,39)(H,37,40)/t26-,28+,29+/m1/s1. The zero-order valence-corrected chi connectivity index (χ0v) is 25.7. The van der Waals surface area contributed by atoms with Gasteiger partial charge in [-0.2, -0.15) is 0 Å². The molecule has 3 aromatic rings. The quantitative estimate of drug-likeness (QED) is 0.353. The summed E-state index contributed by atoms with van der Waals surface area (Å²) in [5.41, 5.74) is 3.68. The molecule has 3 aromatic carbocycles. The molecule has 0 aromatic heterocycles. The van der Waals surface area contributed by atoms with Crippen LogP contribution in [-0.4, -0.2) is 67.0 Å². The van der Waals surface area contributed by atoms with Gasteiger partial charge in [-0.15, -0.1) is 0 Å². The number of carbonyl (C=O) groups is 3. The number of likely N-dealkylation sites (tertiary alicyclic amines) is 1. The Labute approximate surface area is 260 Å². The number of halogens is 2. The number of nitrogens with one attached hydrogen (secondary N) is 2. The molecule has 9 nitrogen and oxygen atoms in total. The number of hydrogen-bond donors (Lipinski definition) is 2. The number of nitrogens with zero attached hydrogens (tertiary/aromatic N) is 1. The van der Waals surface area contributed by atoms with Crippen LogP contribution in [0.15, 0.2) is 66.7 Å². The van der Waals surface area contributed by atoms with E-state index in [1.807, 2.05) is 48.5 Å². The third-order valence-corrected chi connectivity index (χ3v) is 8.03. The molecule has 5 rings (SSSR count). The lowest BCUT2D eigenvalue weighted by molar-refractivity contribution is -0.129. The minimum atomic E-state index is -1.18. The van der Waals surface area contributed by atoms with Crippen molar-refractivity contribution in [3.63, 3.8) is 0 Å². The van der Waals surface area contributed by atoms with Gasteiger partial charge in [-0.05, 0) is 49.1 Å². The fourth-order valence-corrected chi connectivity index (χ4v) is 6.00. The maximum Gasteiger partial charge on any atom is 0.411 e. The molecule has 0 bridgehead atoms. The van der Waals surface area contributed by atoms with E-state index < -0.39 is 47.7 Å². The van der Waals surface area contributed by atoms with Gasteiger partial charge in [0.25, 0.3) is 0 Å². The van der Waals surface area contributed by atoms with Gasteiger partial charge in [0.05, 0.1) is 11.1 Å². The van der Waals surface area contributed by atoms with E-state index in [-0.39, 0.29) is 36.2 Å². The summed E-state index contributed by atoms with van der Waals surface area (Å²) in [5.74, 6) is -1.40. The number of benzene rings is 3. The number of ether oxygens (including phenoxy) is 3. The molecular formula is C33H35ClFN3O6. The van der Waals surface area contributed by atoms with E-state index in [0.717, 1.165) is 22.3 Å². The van der Waals surface area contributed by atoms with Crippen LogP contribution in [0.2, 0.25) is 5.02 Å². The van der Waals surface area contributed by atoms with Gasteiger partial charge in [-0.1, -0.05) is 72.3 Å². The van der Waals surface area contributed by atoms with E-state index in [4.69, 9.17) is 25.8 Å². The van der Waals surface area contributed by atoms with Crippen molar-refractivity contribution in [2.45, 2.75) is 57.0 Å². The van der Waals surface area contributed by atoms with Crippen molar-refractivity contribution in [1.82, 2.24) is 15.5 Å². The first-order valence-electron chi connectivity index (χ1n) is 14.3. The topological polar surface area (TPSA) is 106 Å². The maximum absolute atomic E-state index is 14.5. The zero-order valence-electron chi connectivity index (χ0n) is 24.9. The summed E-state index contributed by atoms with van der Waals surface area (Å²) in [7, 11) is 1.38. The van der Waals surface area contributed by atoms with Gasteiger partial charge in [-0.25, -0.2) is 14.0 Å². The summed E-state index contributed by atoms with van der Waals surface area (Å²) in [6.45, 7) is 4.95. The van der Waals surface area contributed by atoms with E-state index in [0.29, 0.717) is 0 Å². The van der Waals surface area contributed by atoms with Crippen LogP contribution in [0, 0.1) is 5.82 Å². The third-order valence-electron chi connectivity index (χ3n) is 7.74. The molecule has 1 heterocycles. The second-order valence-corrected chi connectivity index (χ2v) is 12.2. The van der Waals surface area contributed by atoms with Crippen molar-refractivity contribution in [3.8, 4) is 11.1 Å². The SMILES string of the molecule is CO[C@@H]1[C@@H](C(=O)NCc2cccc(Cl)c2F)N(C(=O)OC(C)(C)C)C[C@H]1NC(=O)OCC1c2ccccc2-c2ccccc21. The summed E-state index contributed by atoms with van der Waals surface area (Å²) in [6.07, 6.45) is -2.43. The molecule has 11 heteroatoms. The lowest BCUT2D eigenvalue weighted by atomic mass is 9.98. The fraction of sp³-hybridized carbons (Fsp3) is 0.364. The molecule has 0 saturated carbocycles. The van der Waals surface area contributed by atoms with Gasteiger partial charge >= 0.3 is 12.2 Å². The Bertz CT molecular complexity index is 1510. The van der Waals surface area contributed by atoms with Crippen molar-refractivity contribution in [2.75, 3.05) is 20.3 Å². The highest BCUT2D eigenvalue weighted by atomic mass is 35.5. The predicted octanol–water partition coefficient (Wildman–Crippen LogP) is 5.64. The van der Waals surface area contributed by atoms with E-state index in [1.54, 1.807) is 26.8 Å². The monoisotopic (exact) mass is 623 g/mol. The molecule has 0 spiro atoms. The van der Waals surface area contributed by atoms with E-state index in [2.05, 4.69) is 10.6 Å². The molecule has 0 radical (unpaired) electrons. The van der Waals surface area contributed by atoms with E-state index in [1.165, 1.54) is 24.1 Å². The van der Waals surface area contributed by atoms with Crippen LogP contribution < -0.4 is 10.6 Å². The van der Waals surface area contributed by atoms with Crippen molar-refractivity contribution >= 4 is 29.7 Å². The minimum absolute atomic E-state index is 0.0740.